The van der Waals surface area contributed by atoms with Crippen LogP contribution in [0.25, 0.3) is 10.8 Å². The molecular weight excluding hydrogens is 410 g/mol. The Morgan fingerprint density at radius 1 is 1.00 bits per heavy atom. The van der Waals surface area contributed by atoms with E-state index in [2.05, 4.69) is 10.6 Å². The normalized spacial score (nSPS) is 19.7. The van der Waals surface area contributed by atoms with Crippen LogP contribution in [0.15, 0.2) is 60.7 Å². The van der Waals surface area contributed by atoms with Crippen molar-refractivity contribution in [1.82, 2.24) is 10.2 Å². The molecule has 5 rings (SSSR count). The molecule has 1 atom stereocenters. The molecule has 0 aliphatic carbocycles. The van der Waals surface area contributed by atoms with Crippen molar-refractivity contribution in [2.24, 2.45) is 0 Å². The van der Waals surface area contributed by atoms with Crippen LogP contribution in [0.1, 0.15) is 12.5 Å². The maximum atomic E-state index is 13.2. The Balaban J connectivity index is 1.32. The molecule has 32 heavy (non-hydrogen) atoms. The van der Waals surface area contributed by atoms with Gasteiger partial charge in [0.05, 0.1) is 0 Å². The van der Waals surface area contributed by atoms with Gasteiger partial charge in [0.1, 0.15) is 25.3 Å². The summed E-state index contributed by atoms with van der Waals surface area (Å²) >= 11 is 0. The van der Waals surface area contributed by atoms with E-state index in [1.807, 2.05) is 36.4 Å². The van der Waals surface area contributed by atoms with Gasteiger partial charge < -0.3 is 20.1 Å². The first-order valence-corrected chi connectivity index (χ1v) is 10.3. The first-order valence-electron chi connectivity index (χ1n) is 10.3. The molecule has 0 unspecified atom stereocenters. The average Bonchev–Trinajstić information content (AvgIpc) is 3.02. The Hall–Kier alpha value is -4.07. The number of ether oxygens (including phenoxy) is 2. The molecule has 0 saturated carbocycles. The van der Waals surface area contributed by atoms with Crippen molar-refractivity contribution in [3.8, 4) is 11.5 Å². The number of amides is 4. The smallest absolute Gasteiger partial charge is 0.325 e. The molecule has 2 heterocycles. The minimum Gasteiger partial charge on any atom is -0.486 e. The van der Waals surface area contributed by atoms with E-state index in [4.69, 9.17) is 9.47 Å². The predicted molar refractivity (Wildman–Crippen MR) is 118 cm³/mol. The van der Waals surface area contributed by atoms with E-state index in [1.165, 1.54) is 0 Å². The molecule has 0 bridgehead atoms. The number of hydrogen-bond acceptors (Lipinski definition) is 5. The Kier molecular flexibility index (Phi) is 4.70. The molecule has 0 radical (unpaired) electrons. The molecule has 3 aromatic rings. The summed E-state index contributed by atoms with van der Waals surface area (Å²) in [6.07, 6.45) is 0. The highest BCUT2D eigenvalue weighted by atomic mass is 16.6. The molecule has 0 spiro atoms. The van der Waals surface area contributed by atoms with Crippen LogP contribution in [0.4, 0.5) is 10.5 Å². The SMILES string of the molecule is C[C@]1(c2ccc3c(c2)OCCO3)NC(=O)N(CC(=O)Nc2ccc3ccccc3c2)C1=O. The van der Waals surface area contributed by atoms with E-state index in [9.17, 15) is 14.4 Å². The van der Waals surface area contributed by atoms with E-state index in [0.29, 0.717) is 36.0 Å². The largest absolute Gasteiger partial charge is 0.486 e. The number of benzene rings is 3. The second-order valence-electron chi connectivity index (χ2n) is 7.91. The van der Waals surface area contributed by atoms with Crippen LogP contribution in [0, 0.1) is 0 Å². The highest BCUT2D eigenvalue weighted by molar-refractivity contribution is 6.10. The van der Waals surface area contributed by atoms with Gasteiger partial charge in [0.25, 0.3) is 5.91 Å². The van der Waals surface area contributed by atoms with Gasteiger partial charge >= 0.3 is 6.03 Å². The van der Waals surface area contributed by atoms with E-state index in [1.54, 1.807) is 31.2 Å². The Labute approximate surface area is 184 Å². The number of anilines is 1. The van der Waals surface area contributed by atoms with Gasteiger partial charge in [0.2, 0.25) is 5.91 Å². The molecule has 0 aromatic heterocycles. The zero-order valence-corrected chi connectivity index (χ0v) is 17.4. The van der Waals surface area contributed by atoms with E-state index in [-0.39, 0.29) is 0 Å². The van der Waals surface area contributed by atoms with Crippen LogP contribution < -0.4 is 20.1 Å². The highest BCUT2D eigenvalue weighted by Crippen LogP contribution is 2.36. The van der Waals surface area contributed by atoms with Crippen LogP contribution in [-0.4, -0.2) is 42.5 Å². The van der Waals surface area contributed by atoms with E-state index >= 15 is 0 Å². The Morgan fingerprint density at radius 2 is 1.75 bits per heavy atom. The Morgan fingerprint density at radius 3 is 2.56 bits per heavy atom. The predicted octanol–water partition coefficient (Wildman–Crippen LogP) is 3.02. The van der Waals surface area contributed by atoms with Crippen molar-refractivity contribution >= 4 is 34.3 Å². The fraction of sp³-hybridized carbons (Fsp3) is 0.208. The van der Waals surface area contributed by atoms with Crippen LogP contribution in [0.3, 0.4) is 0 Å². The number of imide groups is 1. The molecule has 2 N–H and O–H groups in total. The molecular formula is C24H21N3O5. The number of fused-ring (bicyclic) bond motifs is 2. The van der Waals surface area contributed by atoms with Crippen molar-refractivity contribution in [3.63, 3.8) is 0 Å². The quantitative estimate of drug-likeness (QED) is 0.619. The van der Waals surface area contributed by atoms with Crippen molar-refractivity contribution in [2.45, 2.75) is 12.5 Å². The Bertz CT molecular complexity index is 1260. The van der Waals surface area contributed by atoms with Crippen molar-refractivity contribution in [2.75, 3.05) is 25.1 Å². The third-order valence-electron chi connectivity index (χ3n) is 5.73. The lowest BCUT2D eigenvalue weighted by atomic mass is 9.91. The van der Waals surface area contributed by atoms with E-state index < -0.39 is 29.9 Å². The summed E-state index contributed by atoms with van der Waals surface area (Å²) in [4.78, 5) is 39.3. The van der Waals surface area contributed by atoms with Crippen molar-refractivity contribution in [1.29, 1.82) is 0 Å². The minimum absolute atomic E-state index is 0.391. The topological polar surface area (TPSA) is 97.0 Å². The van der Waals surface area contributed by atoms with Gasteiger partial charge in [-0.2, -0.15) is 0 Å². The lowest BCUT2D eigenvalue weighted by Crippen LogP contribution is -2.42. The summed E-state index contributed by atoms with van der Waals surface area (Å²) < 4.78 is 11.1. The average molecular weight is 431 g/mol. The van der Waals surface area contributed by atoms with Gasteiger partial charge in [0, 0.05) is 5.69 Å². The second-order valence-corrected chi connectivity index (χ2v) is 7.91. The number of carbonyl (C=O) groups is 3. The van der Waals surface area contributed by atoms with Gasteiger partial charge in [-0.3, -0.25) is 14.5 Å². The summed E-state index contributed by atoms with van der Waals surface area (Å²) in [5.41, 5.74) is -0.163. The number of nitrogens with one attached hydrogen (secondary N) is 2. The number of hydrogen-bond donors (Lipinski definition) is 2. The van der Waals surface area contributed by atoms with Gasteiger partial charge in [0.15, 0.2) is 11.5 Å². The number of rotatable bonds is 4. The molecule has 1 saturated heterocycles. The first-order chi connectivity index (χ1) is 15.4. The summed E-state index contributed by atoms with van der Waals surface area (Å²) in [5.74, 6) is 0.138. The zero-order chi connectivity index (χ0) is 22.3. The lowest BCUT2D eigenvalue weighted by molar-refractivity contribution is -0.133. The fourth-order valence-electron chi connectivity index (χ4n) is 4.00. The minimum atomic E-state index is -1.31. The third kappa shape index (κ3) is 3.39. The van der Waals surface area contributed by atoms with Crippen LogP contribution in [0.2, 0.25) is 0 Å². The van der Waals surface area contributed by atoms with Crippen LogP contribution in [-0.2, 0) is 15.1 Å². The summed E-state index contributed by atoms with van der Waals surface area (Å²) in [6.45, 7) is 2.09. The molecule has 162 valence electrons. The summed E-state index contributed by atoms with van der Waals surface area (Å²) in [6, 6.07) is 17.8. The van der Waals surface area contributed by atoms with Crippen molar-refractivity contribution < 1.29 is 23.9 Å². The lowest BCUT2D eigenvalue weighted by Gasteiger charge is -2.25. The monoisotopic (exact) mass is 431 g/mol. The second kappa shape index (κ2) is 7.56. The van der Waals surface area contributed by atoms with Gasteiger partial charge in [-0.1, -0.05) is 36.4 Å². The molecule has 8 nitrogen and oxygen atoms in total. The standard InChI is InChI=1S/C24H21N3O5/c1-24(17-7-9-19-20(13-17)32-11-10-31-19)22(29)27(23(30)26-24)14-21(28)25-18-8-6-15-4-2-3-5-16(15)12-18/h2-9,12-13H,10-11,14H2,1H3,(H,25,28)(H,26,30)/t24-/m1/s1. The van der Waals surface area contributed by atoms with Gasteiger partial charge in [-0.25, -0.2) is 4.79 Å². The summed E-state index contributed by atoms with van der Waals surface area (Å²) in [5, 5.41) is 7.50. The van der Waals surface area contributed by atoms with E-state index in [0.717, 1.165) is 15.7 Å². The number of carbonyl (C=O) groups excluding carboxylic acids is 3. The first kappa shape index (κ1) is 19.9. The number of nitrogens with zero attached hydrogens (tertiary/aromatic N) is 1. The van der Waals surface area contributed by atoms with Crippen LogP contribution in [0.5, 0.6) is 11.5 Å². The molecule has 2 aliphatic heterocycles. The van der Waals surface area contributed by atoms with Gasteiger partial charge in [-0.15, -0.1) is 0 Å². The van der Waals surface area contributed by atoms with Crippen LogP contribution >= 0.6 is 0 Å². The van der Waals surface area contributed by atoms with Gasteiger partial charge in [-0.05, 0) is 47.5 Å². The highest BCUT2D eigenvalue weighted by Gasteiger charge is 2.49. The maximum Gasteiger partial charge on any atom is 0.325 e. The number of urea groups is 1. The molecule has 8 heteroatoms. The molecule has 1 fully saturated rings. The van der Waals surface area contributed by atoms with Crippen molar-refractivity contribution in [3.05, 3.63) is 66.2 Å². The molecule has 4 amide bonds. The maximum absolute atomic E-state index is 13.2. The fourth-order valence-corrected chi connectivity index (χ4v) is 4.00. The zero-order valence-electron chi connectivity index (χ0n) is 17.4. The summed E-state index contributed by atoms with van der Waals surface area (Å²) in [7, 11) is 0. The molecule has 2 aliphatic rings. The molecule has 3 aromatic carbocycles. The third-order valence-corrected chi connectivity index (χ3v) is 5.73.